The summed E-state index contributed by atoms with van der Waals surface area (Å²) >= 11 is 0. The fourth-order valence-corrected chi connectivity index (χ4v) is 4.00. The summed E-state index contributed by atoms with van der Waals surface area (Å²) in [5, 5.41) is 2.30. The zero-order chi connectivity index (χ0) is 18.6. The van der Waals surface area contributed by atoms with Crippen LogP contribution in [0.2, 0.25) is 0 Å². The van der Waals surface area contributed by atoms with Gasteiger partial charge in [0.25, 0.3) is 0 Å². The number of aromatic amines is 1. The second kappa shape index (κ2) is 5.87. The van der Waals surface area contributed by atoms with E-state index in [9.17, 15) is 0 Å². The van der Waals surface area contributed by atoms with Crippen LogP contribution >= 0.6 is 0 Å². The SMILES string of the molecule is CC(C)c1cc(N)nc2[nH]c(-c3c(C(C)C)n(C)c4ncccc34)cc12. The Morgan fingerprint density at radius 3 is 2.54 bits per heavy atom. The largest absolute Gasteiger partial charge is 0.384 e. The van der Waals surface area contributed by atoms with Gasteiger partial charge in [0.05, 0.1) is 5.69 Å². The van der Waals surface area contributed by atoms with Crippen LogP contribution in [-0.4, -0.2) is 19.5 Å². The molecule has 0 aromatic carbocycles. The summed E-state index contributed by atoms with van der Waals surface area (Å²) in [6.07, 6.45) is 1.85. The normalized spacial score (nSPS) is 12.1. The highest BCUT2D eigenvalue weighted by Crippen LogP contribution is 2.39. The van der Waals surface area contributed by atoms with Gasteiger partial charge in [-0.3, -0.25) is 0 Å². The monoisotopic (exact) mass is 347 g/mol. The number of hydrogen-bond acceptors (Lipinski definition) is 3. The van der Waals surface area contributed by atoms with E-state index in [2.05, 4.69) is 66.4 Å². The van der Waals surface area contributed by atoms with Gasteiger partial charge >= 0.3 is 0 Å². The Labute approximate surface area is 153 Å². The van der Waals surface area contributed by atoms with E-state index >= 15 is 0 Å². The molecule has 0 saturated heterocycles. The number of pyridine rings is 2. The molecule has 0 aliphatic carbocycles. The number of nitrogens with two attached hydrogens (primary N) is 1. The first-order valence-electron chi connectivity index (χ1n) is 9.11. The van der Waals surface area contributed by atoms with E-state index in [0.717, 1.165) is 27.8 Å². The zero-order valence-electron chi connectivity index (χ0n) is 16.0. The zero-order valence-corrected chi connectivity index (χ0v) is 16.0. The topological polar surface area (TPSA) is 72.5 Å². The Morgan fingerprint density at radius 2 is 1.85 bits per heavy atom. The van der Waals surface area contributed by atoms with E-state index < -0.39 is 0 Å². The maximum atomic E-state index is 6.04. The third-order valence-corrected chi connectivity index (χ3v) is 5.08. The van der Waals surface area contributed by atoms with Crippen LogP contribution in [0.1, 0.15) is 50.8 Å². The summed E-state index contributed by atoms with van der Waals surface area (Å²) in [5.41, 5.74) is 12.7. The molecule has 0 radical (unpaired) electrons. The van der Waals surface area contributed by atoms with Crippen LogP contribution in [0.5, 0.6) is 0 Å². The fraction of sp³-hybridized carbons (Fsp3) is 0.333. The predicted octanol–water partition coefficient (Wildman–Crippen LogP) is 4.95. The standard InChI is InChI=1S/C21H25N5/c1-11(2)14-10-17(22)25-20-15(14)9-16(24-20)18-13-7-6-8-23-21(13)26(5)19(18)12(3)4/h6-12H,1-5H3,(H3,22,24,25). The third-order valence-electron chi connectivity index (χ3n) is 5.08. The van der Waals surface area contributed by atoms with Crippen molar-refractivity contribution in [3.05, 3.63) is 41.7 Å². The molecule has 0 spiro atoms. The van der Waals surface area contributed by atoms with Crippen molar-refractivity contribution in [2.24, 2.45) is 7.05 Å². The van der Waals surface area contributed by atoms with Gasteiger partial charge in [-0.15, -0.1) is 0 Å². The molecule has 0 amide bonds. The number of aromatic nitrogens is 4. The van der Waals surface area contributed by atoms with Gasteiger partial charge in [0, 0.05) is 35.3 Å². The Hall–Kier alpha value is -2.82. The van der Waals surface area contributed by atoms with Crippen molar-refractivity contribution in [1.29, 1.82) is 0 Å². The lowest BCUT2D eigenvalue weighted by atomic mass is 9.99. The summed E-state index contributed by atoms with van der Waals surface area (Å²) in [4.78, 5) is 12.6. The van der Waals surface area contributed by atoms with Crippen molar-refractivity contribution < 1.29 is 0 Å². The van der Waals surface area contributed by atoms with Gasteiger partial charge in [-0.05, 0) is 41.7 Å². The summed E-state index contributed by atoms with van der Waals surface area (Å²) in [5.74, 6) is 1.31. The first kappa shape index (κ1) is 16.6. The summed E-state index contributed by atoms with van der Waals surface area (Å²) in [6.45, 7) is 8.80. The van der Waals surface area contributed by atoms with Crippen molar-refractivity contribution in [1.82, 2.24) is 19.5 Å². The van der Waals surface area contributed by atoms with E-state index in [1.165, 1.54) is 16.8 Å². The Balaban J connectivity index is 2.08. The maximum absolute atomic E-state index is 6.04. The lowest BCUT2D eigenvalue weighted by molar-refractivity contribution is 0.752. The molecule has 4 heterocycles. The minimum atomic E-state index is 0.373. The highest BCUT2D eigenvalue weighted by molar-refractivity contribution is 5.99. The predicted molar refractivity (Wildman–Crippen MR) is 108 cm³/mol. The number of fused-ring (bicyclic) bond motifs is 2. The number of nitrogens with zero attached hydrogens (tertiary/aromatic N) is 3. The van der Waals surface area contributed by atoms with Crippen LogP contribution in [0, 0.1) is 0 Å². The molecule has 5 heteroatoms. The number of H-pyrrole nitrogens is 1. The highest BCUT2D eigenvalue weighted by atomic mass is 15.0. The van der Waals surface area contributed by atoms with Crippen LogP contribution in [-0.2, 0) is 7.05 Å². The average molecular weight is 347 g/mol. The summed E-state index contributed by atoms with van der Waals surface area (Å²) < 4.78 is 2.20. The minimum Gasteiger partial charge on any atom is -0.384 e. The van der Waals surface area contributed by atoms with Gasteiger partial charge in [0.1, 0.15) is 17.1 Å². The molecule has 0 aliphatic rings. The van der Waals surface area contributed by atoms with Crippen LogP contribution in [0.15, 0.2) is 30.5 Å². The molecule has 4 aromatic rings. The van der Waals surface area contributed by atoms with Crippen molar-refractivity contribution in [2.75, 3.05) is 5.73 Å². The molecule has 4 rings (SSSR count). The van der Waals surface area contributed by atoms with Crippen LogP contribution in [0.4, 0.5) is 5.82 Å². The molecule has 0 fully saturated rings. The molecule has 3 N–H and O–H groups in total. The molecular formula is C21H25N5. The Kier molecular flexibility index (Phi) is 3.75. The van der Waals surface area contributed by atoms with Crippen LogP contribution in [0.3, 0.4) is 0 Å². The second-order valence-corrected chi connectivity index (χ2v) is 7.58. The molecule has 0 bridgehead atoms. The van der Waals surface area contributed by atoms with E-state index in [0.29, 0.717) is 17.7 Å². The Bertz CT molecular complexity index is 1110. The molecular weight excluding hydrogens is 322 g/mol. The molecule has 26 heavy (non-hydrogen) atoms. The molecule has 134 valence electrons. The van der Waals surface area contributed by atoms with E-state index in [-0.39, 0.29) is 0 Å². The van der Waals surface area contributed by atoms with Crippen molar-refractivity contribution in [2.45, 2.75) is 39.5 Å². The van der Waals surface area contributed by atoms with Crippen molar-refractivity contribution >= 4 is 27.9 Å². The van der Waals surface area contributed by atoms with Crippen molar-refractivity contribution in [3.8, 4) is 11.3 Å². The van der Waals surface area contributed by atoms with Gasteiger partial charge in [-0.25, -0.2) is 9.97 Å². The number of hydrogen-bond donors (Lipinski definition) is 2. The number of anilines is 1. The van der Waals surface area contributed by atoms with Gasteiger partial charge in [0.2, 0.25) is 0 Å². The molecule has 0 saturated carbocycles. The van der Waals surface area contributed by atoms with Gasteiger partial charge in [-0.1, -0.05) is 27.7 Å². The highest BCUT2D eigenvalue weighted by Gasteiger charge is 2.22. The fourth-order valence-electron chi connectivity index (χ4n) is 4.00. The minimum absolute atomic E-state index is 0.373. The summed E-state index contributed by atoms with van der Waals surface area (Å²) in [7, 11) is 2.09. The van der Waals surface area contributed by atoms with Gasteiger partial charge in [0.15, 0.2) is 0 Å². The second-order valence-electron chi connectivity index (χ2n) is 7.58. The number of nitrogen functional groups attached to an aromatic ring is 1. The first-order valence-corrected chi connectivity index (χ1v) is 9.11. The van der Waals surface area contributed by atoms with Gasteiger partial charge in [-0.2, -0.15) is 0 Å². The maximum Gasteiger partial charge on any atom is 0.140 e. The first-order chi connectivity index (χ1) is 12.4. The molecule has 0 aliphatic heterocycles. The van der Waals surface area contributed by atoms with Crippen molar-refractivity contribution in [3.63, 3.8) is 0 Å². The number of aryl methyl sites for hydroxylation is 1. The number of nitrogens with one attached hydrogen (secondary N) is 1. The number of rotatable bonds is 3. The lowest BCUT2D eigenvalue weighted by Gasteiger charge is -2.10. The lowest BCUT2D eigenvalue weighted by Crippen LogP contribution is -2.00. The molecule has 0 unspecified atom stereocenters. The Morgan fingerprint density at radius 1 is 1.08 bits per heavy atom. The third kappa shape index (κ3) is 2.38. The molecule has 0 atom stereocenters. The van der Waals surface area contributed by atoms with E-state index in [1.807, 2.05) is 18.3 Å². The average Bonchev–Trinajstić information content (AvgIpc) is 3.13. The summed E-state index contributed by atoms with van der Waals surface area (Å²) in [6, 6.07) is 8.33. The van der Waals surface area contributed by atoms with E-state index in [1.54, 1.807) is 0 Å². The smallest absolute Gasteiger partial charge is 0.140 e. The molecule has 4 aromatic heterocycles. The van der Waals surface area contributed by atoms with Gasteiger partial charge < -0.3 is 15.3 Å². The van der Waals surface area contributed by atoms with Crippen LogP contribution < -0.4 is 5.73 Å². The quantitative estimate of drug-likeness (QED) is 0.551. The van der Waals surface area contributed by atoms with E-state index in [4.69, 9.17) is 5.73 Å². The molecule has 5 nitrogen and oxygen atoms in total. The van der Waals surface area contributed by atoms with Crippen LogP contribution in [0.25, 0.3) is 33.3 Å².